The van der Waals surface area contributed by atoms with E-state index in [0.717, 1.165) is 13.0 Å². The van der Waals surface area contributed by atoms with E-state index in [9.17, 15) is 8.42 Å². The Labute approximate surface area is 126 Å². The van der Waals surface area contributed by atoms with Crippen LogP contribution in [0.1, 0.15) is 19.2 Å². The third-order valence-electron chi connectivity index (χ3n) is 2.68. The van der Waals surface area contributed by atoms with Gasteiger partial charge in [0.25, 0.3) is 10.0 Å². The lowest BCUT2D eigenvalue weighted by Crippen LogP contribution is -2.14. The molecule has 6 nitrogen and oxygen atoms in total. The molecule has 0 amide bonds. The lowest BCUT2D eigenvalue weighted by Gasteiger charge is -2.06. The van der Waals surface area contributed by atoms with Gasteiger partial charge in [-0.3, -0.25) is 4.72 Å². The van der Waals surface area contributed by atoms with Crippen molar-refractivity contribution >= 4 is 31.8 Å². The van der Waals surface area contributed by atoms with E-state index in [2.05, 4.69) is 30.6 Å². The molecule has 0 unspecified atom stereocenters. The molecule has 0 radical (unpaired) electrons. The van der Waals surface area contributed by atoms with Crippen molar-refractivity contribution in [2.75, 3.05) is 4.72 Å². The van der Waals surface area contributed by atoms with Crippen molar-refractivity contribution in [3.63, 3.8) is 0 Å². The molecule has 0 aliphatic rings. The average Bonchev–Trinajstić information content (AvgIpc) is 2.75. The molecule has 0 aliphatic carbocycles. The quantitative estimate of drug-likeness (QED) is 0.890. The van der Waals surface area contributed by atoms with Gasteiger partial charge in [-0.2, -0.15) is 8.42 Å². The van der Waals surface area contributed by atoms with Crippen LogP contribution in [0.4, 0.5) is 5.82 Å². The summed E-state index contributed by atoms with van der Waals surface area (Å²) in [7, 11) is -3.73. The zero-order valence-corrected chi connectivity index (χ0v) is 13.6. The monoisotopic (exact) mass is 358 g/mol. The molecule has 0 atom stereocenters. The van der Waals surface area contributed by atoms with Crippen molar-refractivity contribution in [2.24, 2.45) is 0 Å². The molecule has 0 bridgehead atoms. The van der Waals surface area contributed by atoms with Crippen molar-refractivity contribution < 1.29 is 8.42 Å². The zero-order valence-electron chi connectivity index (χ0n) is 11.2. The summed E-state index contributed by atoms with van der Waals surface area (Å²) in [6, 6.07) is 3.42. The number of halogens is 1. The van der Waals surface area contributed by atoms with Crippen LogP contribution in [0.5, 0.6) is 0 Å². The summed E-state index contributed by atoms with van der Waals surface area (Å²) in [5, 5.41) is 0.000929. The van der Waals surface area contributed by atoms with Gasteiger partial charge in [-0.1, -0.05) is 6.92 Å². The highest BCUT2D eigenvalue weighted by atomic mass is 79.9. The van der Waals surface area contributed by atoms with Crippen LogP contribution >= 0.6 is 15.9 Å². The molecule has 0 aliphatic heterocycles. The molecule has 2 rings (SSSR count). The number of hydrogen-bond donors (Lipinski definition) is 1. The Morgan fingerprint density at radius 3 is 2.85 bits per heavy atom. The number of nitrogens with zero attached hydrogens (tertiary/aromatic N) is 3. The minimum absolute atomic E-state index is 0.000929. The summed E-state index contributed by atoms with van der Waals surface area (Å²) < 4.78 is 29.4. The molecular weight excluding hydrogens is 344 g/mol. The maximum absolute atomic E-state index is 12.3. The highest BCUT2D eigenvalue weighted by Gasteiger charge is 2.20. The molecule has 2 heterocycles. The molecule has 1 N–H and O–H groups in total. The lowest BCUT2D eigenvalue weighted by atomic mass is 10.5. The number of hydrogen-bond acceptors (Lipinski definition) is 4. The third kappa shape index (κ3) is 3.18. The van der Waals surface area contributed by atoms with E-state index >= 15 is 0 Å². The van der Waals surface area contributed by atoms with Crippen molar-refractivity contribution in [3.05, 3.63) is 34.8 Å². The smallest absolute Gasteiger partial charge is 0.282 e. The molecule has 0 fully saturated rings. The highest BCUT2D eigenvalue weighted by molar-refractivity contribution is 9.10. The second-order valence-corrected chi connectivity index (χ2v) is 6.74. The van der Waals surface area contributed by atoms with E-state index in [1.807, 2.05) is 11.5 Å². The molecule has 2 aromatic rings. The van der Waals surface area contributed by atoms with Crippen LogP contribution in [0.3, 0.4) is 0 Å². The van der Waals surface area contributed by atoms with Gasteiger partial charge in [0, 0.05) is 18.9 Å². The maximum atomic E-state index is 12.3. The number of aromatic nitrogens is 3. The van der Waals surface area contributed by atoms with E-state index in [4.69, 9.17) is 0 Å². The van der Waals surface area contributed by atoms with E-state index in [-0.39, 0.29) is 10.8 Å². The fourth-order valence-electron chi connectivity index (χ4n) is 1.72. The van der Waals surface area contributed by atoms with Gasteiger partial charge in [-0.05, 0) is 41.4 Å². The van der Waals surface area contributed by atoms with E-state index in [0.29, 0.717) is 10.3 Å². The molecule has 0 aromatic carbocycles. The van der Waals surface area contributed by atoms with Gasteiger partial charge in [-0.15, -0.1) is 0 Å². The molecule has 20 heavy (non-hydrogen) atoms. The van der Waals surface area contributed by atoms with E-state index in [1.165, 1.54) is 12.4 Å². The lowest BCUT2D eigenvalue weighted by molar-refractivity contribution is 0.597. The van der Waals surface area contributed by atoms with Crippen LogP contribution in [0.15, 0.2) is 34.0 Å². The summed E-state index contributed by atoms with van der Waals surface area (Å²) >= 11 is 3.25. The van der Waals surface area contributed by atoms with Gasteiger partial charge in [0.05, 0.1) is 4.47 Å². The zero-order chi connectivity index (χ0) is 14.8. The van der Waals surface area contributed by atoms with Gasteiger partial charge >= 0.3 is 0 Å². The Balaban J connectivity index is 2.31. The first-order valence-corrected chi connectivity index (χ1v) is 8.38. The Morgan fingerprint density at radius 2 is 2.20 bits per heavy atom. The minimum atomic E-state index is -3.73. The van der Waals surface area contributed by atoms with E-state index < -0.39 is 10.0 Å². The fourth-order valence-corrected chi connectivity index (χ4v) is 3.24. The van der Waals surface area contributed by atoms with Crippen LogP contribution < -0.4 is 4.72 Å². The van der Waals surface area contributed by atoms with Crippen LogP contribution in [-0.4, -0.2) is 23.0 Å². The van der Waals surface area contributed by atoms with Crippen LogP contribution in [0.25, 0.3) is 0 Å². The number of aryl methyl sites for hydroxylation is 2. The predicted octanol–water partition coefficient (Wildman–Crippen LogP) is 2.56. The Bertz CT molecular complexity index is 712. The Morgan fingerprint density at radius 1 is 1.45 bits per heavy atom. The number of sulfonamides is 1. The molecule has 0 saturated carbocycles. The number of imidazole rings is 1. The Kier molecular flexibility index (Phi) is 4.44. The topological polar surface area (TPSA) is 76.9 Å². The number of rotatable bonds is 5. The summed E-state index contributed by atoms with van der Waals surface area (Å²) in [5.74, 6) is 0.919. The SMILES string of the molecule is CCCn1cc(S(=O)(=O)Nc2ncccc2Br)nc1C. The molecule has 0 saturated heterocycles. The predicted molar refractivity (Wildman–Crippen MR) is 80.0 cm³/mol. The van der Waals surface area contributed by atoms with Gasteiger partial charge < -0.3 is 4.57 Å². The maximum Gasteiger partial charge on any atom is 0.282 e. The standard InChI is InChI=1S/C12H15BrN4O2S/c1-3-7-17-8-11(15-9(17)2)20(18,19)16-12-10(13)5-4-6-14-12/h4-6,8H,3,7H2,1-2H3,(H,14,16). The number of nitrogens with one attached hydrogen (secondary N) is 1. The van der Waals surface area contributed by atoms with Crippen molar-refractivity contribution in [3.8, 4) is 0 Å². The van der Waals surface area contributed by atoms with Crippen molar-refractivity contribution in [1.29, 1.82) is 0 Å². The van der Waals surface area contributed by atoms with Gasteiger partial charge in [0.15, 0.2) is 10.8 Å². The van der Waals surface area contributed by atoms with Crippen molar-refractivity contribution in [2.45, 2.75) is 31.8 Å². The fraction of sp³-hybridized carbons (Fsp3) is 0.333. The summed E-state index contributed by atoms with van der Waals surface area (Å²) in [5.41, 5.74) is 0. The molecule has 2 aromatic heterocycles. The second-order valence-electron chi connectivity index (χ2n) is 4.26. The first kappa shape index (κ1) is 15.0. The van der Waals surface area contributed by atoms with Crippen LogP contribution in [-0.2, 0) is 16.6 Å². The molecule has 8 heteroatoms. The largest absolute Gasteiger partial charge is 0.334 e. The second kappa shape index (κ2) is 5.92. The first-order valence-electron chi connectivity index (χ1n) is 6.11. The number of anilines is 1. The van der Waals surface area contributed by atoms with Gasteiger partial charge in [0.1, 0.15) is 5.82 Å². The van der Waals surface area contributed by atoms with Crippen molar-refractivity contribution in [1.82, 2.24) is 14.5 Å². The third-order valence-corrected chi connectivity index (χ3v) is 4.53. The summed E-state index contributed by atoms with van der Waals surface area (Å²) in [6.07, 6.45) is 3.97. The molecular formula is C12H15BrN4O2S. The average molecular weight is 359 g/mol. The first-order chi connectivity index (χ1) is 9.44. The molecule has 108 valence electrons. The van der Waals surface area contributed by atoms with Gasteiger partial charge in [-0.25, -0.2) is 9.97 Å². The minimum Gasteiger partial charge on any atom is -0.334 e. The van der Waals surface area contributed by atoms with E-state index in [1.54, 1.807) is 19.1 Å². The van der Waals surface area contributed by atoms with Crippen LogP contribution in [0.2, 0.25) is 0 Å². The summed E-state index contributed by atoms with van der Waals surface area (Å²) in [4.78, 5) is 8.08. The number of pyridine rings is 1. The Hall–Kier alpha value is -1.41. The van der Waals surface area contributed by atoms with Crippen LogP contribution in [0, 0.1) is 6.92 Å². The highest BCUT2D eigenvalue weighted by Crippen LogP contribution is 2.21. The normalized spacial score (nSPS) is 11.6. The van der Waals surface area contributed by atoms with Gasteiger partial charge in [0.2, 0.25) is 0 Å². The molecule has 0 spiro atoms. The summed E-state index contributed by atoms with van der Waals surface area (Å²) in [6.45, 7) is 4.55.